The zero-order chi connectivity index (χ0) is 13.1. The summed E-state index contributed by atoms with van der Waals surface area (Å²) in [6, 6.07) is 6.02. The third kappa shape index (κ3) is 2.46. The van der Waals surface area contributed by atoms with Crippen molar-refractivity contribution in [1.82, 2.24) is 10.2 Å². The summed E-state index contributed by atoms with van der Waals surface area (Å²) in [7, 11) is 0. The van der Waals surface area contributed by atoms with E-state index in [-0.39, 0.29) is 11.3 Å². The Labute approximate surface area is 106 Å². The number of nitro groups is 1. The number of nitriles is 1. The Morgan fingerprint density at radius 2 is 2.28 bits per heavy atom. The number of nitro benzene ring substituents is 1. The van der Waals surface area contributed by atoms with Gasteiger partial charge in [0.25, 0.3) is 10.9 Å². The van der Waals surface area contributed by atoms with Crippen LogP contribution in [0.2, 0.25) is 0 Å². The van der Waals surface area contributed by atoms with Crippen molar-refractivity contribution in [2.45, 2.75) is 17.0 Å². The van der Waals surface area contributed by atoms with E-state index in [1.165, 1.54) is 18.2 Å². The first-order valence-corrected chi connectivity index (χ1v) is 5.58. The molecule has 1 aromatic carbocycles. The minimum atomic E-state index is -0.593. The van der Waals surface area contributed by atoms with Crippen molar-refractivity contribution >= 4 is 17.4 Å². The van der Waals surface area contributed by atoms with Gasteiger partial charge in [-0.3, -0.25) is 10.1 Å². The first-order chi connectivity index (χ1) is 8.60. The number of hydrogen-bond acceptors (Lipinski definition) is 7. The Bertz CT molecular complexity index is 647. The van der Waals surface area contributed by atoms with Crippen LogP contribution in [-0.4, -0.2) is 15.1 Å². The number of hydrogen-bond donors (Lipinski definition) is 0. The molecule has 7 nitrogen and oxygen atoms in total. The van der Waals surface area contributed by atoms with Gasteiger partial charge in [-0.25, -0.2) is 0 Å². The Morgan fingerprint density at radius 3 is 2.83 bits per heavy atom. The Kier molecular flexibility index (Phi) is 3.25. The second-order valence-corrected chi connectivity index (χ2v) is 4.26. The summed E-state index contributed by atoms with van der Waals surface area (Å²) in [6.07, 6.45) is 0. The van der Waals surface area contributed by atoms with E-state index in [1.54, 1.807) is 13.0 Å². The number of aryl methyl sites for hydroxylation is 1. The summed E-state index contributed by atoms with van der Waals surface area (Å²) in [4.78, 5) is 10.7. The van der Waals surface area contributed by atoms with Gasteiger partial charge in [-0.2, -0.15) is 5.26 Å². The largest absolute Gasteiger partial charge is 0.416 e. The molecule has 0 aliphatic carbocycles. The third-order valence-corrected chi connectivity index (χ3v) is 2.83. The summed E-state index contributed by atoms with van der Waals surface area (Å²) < 4.78 is 5.16. The summed E-state index contributed by atoms with van der Waals surface area (Å²) in [5, 5.41) is 27.3. The lowest BCUT2D eigenvalue weighted by Crippen LogP contribution is -1.92. The quantitative estimate of drug-likeness (QED) is 0.617. The smallest absolute Gasteiger partial charge is 0.287 e. The Morgan fingerprint density at radius 1 is 1.50 bits per heavy atom. The maximum absolute atomic E-state index is 10.7. The molecule has 0 aliphatic rings. The van der Waals surface area contributed by atoms with Crippen LogP contribution in [0.5, 0.6) is 0 Å². The van der Waals surface area contributed by atoms with Gasteiger partial charge in [-0.1, -0.05) is 0 Å². The van der Waals surface area contributed by atoms with Crippen LogP contribution in [0, 0.1) is 28.4 Å². The van der Waals surface area contributed by atoms with E-state index in [0.29, 0.717) is 16.0 Å². The van der Waals surface area contributed by atoms with Crippen LogP contribution in [0.25, 0.3) is 0 Å². The van der Waals surface area contributed by atoms with Gasteiger partial charge in [0, 0.05) is 17.9 Å². The van der Waals surface area contributed by atoms with Crippen LogP contribution >= 0.6 is 11.8 Å². The highest BCUT2D eigenvalue weighted by molar-refractivity contribution is 7.99. The van der Waals surface area contributed by atoms with Crippen LogP contribution in [0.3, 0.4) is 0 Å². The zero-order valence-electron chi connectivity index (χ0n) is 9.15. The summed E-state index contributed by atoms with van der Waals surface area (Å²) >= 11 is 1.14. The fourth-order valence-corrected chi connectivity index (χ4v) is 2.01. The monoisotopic (exact) mass is 262 g/mol. The van der Waals surface area contributed by atoms with Crippen LogP contribution in [-0.2, 0) is 0 Å². The Hall–Kier alpha value is -2.40. The molecule has 0 unspecified atom stereocenters. The molecule has 0 radical (unpaired) electrons. The molecule has 1 heterocycles. The van der Waals surface area contributed by atoms with Crippen LogP contribution in [0.1, 0.15) is 11.5 Å². The summed E-state index contributed by atoms with van der Waals surface area (Å²) in [5.74, 6) is 0.430. The van der Waals surface area contributed by atoms with Crippen LogP contribution < -0.4 is 0 Å². The molecular formula is C10H6N4O3S. The van der Waals surface area contributed by atoms with E-state index in [4.69, 9.17) is 9.68 Å². The first-order valence-electron chi connectivity index (χ1n) is 4.76. The van der Waals surface area contributed by atoms with Crippen molar-refractivity contribution in [3.05, 3.63) is 39.8 Å². The van der Waals surface area contributed by atoms with Crippen LogP contribution in [0.4, 0.5) is 5.69 Å². The minimum Gasteiger partial charge on any atom is -0.416 e. The van der Waals surface area contributed by atoms with E-state index in [1.807, 2.05) is 0 Å². The minimum absolute atomic E-state index is 0.00115. The van der Waals surface area contributed by atoms with Gasteiger partial charge in [0.05, 0.1) is 4.92 Å². The van der Waals surface area contributed by atoms with E-state index in [0.717, 1.165) is 11.8 Å². The molecule has 0 bridgehead atoms. The highest BCUT2D eigenvalue weighted by Crippen LogP contribution is 2.30. The normalized spacial score (nSPS) is 10.0. The van der Waals surface area contributed by atoms with Gasteiger partial charge in [0.15, 0.2) is 0 Å². The lowest BCUT2D eigenvalue weighted by molar-refractivity contribution is -0.385. The van der Waals surface area contributed by atoms with Crippen molar-refractivity contribution in [2.24, 2.45) is 0 Å². The van der Waals surface area contributed by atoms with Gasteiger partial charge < -0.3 is 4.42 Å². The molecule has 2 rings (SSSR count). The SMILES string of the molecule is Cc1nnc(Sc2ccc([N+](=O)[O-])c(C#N)c2)o1. The number of nitrogens with zero attached hydrogens (tertiary/aromatic N) is 4. The zero-order valence-corrected chi connectivity index (χ0v) is 9.97. The number of benzene rings is 1. The van der Waals surface area contributed by atoms with Crippen LogP contribution in [0.15, 0.2) is 32.7 Å². The van der Waals surface area contributed by atoms with Gasteiger partial charge in [-0.15, -0.1) is 10.2 Å². The van der Waals surface area contributed by atoms with Crippen molar-refractivity contribution in [3.8, 4) is 6.07 Å². The third-order valence-electron chi connectivity index (χ3n) is 2.00. The van der Waals surface area contributed by atoms with Gasteiger partial charge in [0.2, 0.25) is 5.89 Å². The number of aromatic nitrogens is 2. The van der Waals surface area contributed by atoms with Crippen molar-refractivity contribution in [2.75, 3.05) is 0 Å². The second-order valence-electron chi connectivity index (χ2n) is 3.24. The van der Waals surface area contributed by atoms with E-state index >= 15 is 0 Å². The van der Waals surface area contributed by atoms with Gasteiger partial charge in [-0.05, 0) is 23.9 Å². The molecule has 2 aromatic rings. The molecule has 0 aliphatic heterocycles. The molecule has 90 valence electrons. The van der Waals surface area contributed by atoms with Crippen molar-refractivity contribution in [1.29, 1.82) is 5.26 Å². The van der Waals surface area contributed by atoms with Gasteiger partial charge in [0.1, 0.15) is 11.6 Å². The molecule has 8 heteroatoms. The fourth-order valence-electron chi connectivity index (χ4n) is 1.25. The predicted octanol–water partition coefficient (Wildman–Crippen LogP) is 2.31. The molecule has 0 N–H and O–H groups in total. The molecule has 0 spiro atoms. The van der Waals surface area contributed by atoms with Crippen molar-refractivity contribution in [3.63, 3.8) is 0 Å². The summed E-state index contributed by atoms with van der Waals surface area (Å²) in [6.45, 7) is 1.66. The standard InChI is InChI=1S/C10H6N4O3S/c1-6-12-13-10(17-6)18-8-2-3-9(14(15)16)7(4-8)5-11/h2-4H,1H3. The molecular weight excluding hydrogens is 256 g/mol. The lowest BCUT2D eigenvalue weighted by atomic mass is 10.2. The second kappa shape index (κ2) is 4.85. The topological polar surface area (TPSA) is 106 Å². The molecule has 0 saturated heterocycles. The highest BCUT2D eigenvalue weighted by atomic mass is 32.2. The maximum Gasteiger partial charge on any atom is 0.287 e. The van der Waals surface area contributed by atoms with E-state index in [2.05, 4.69) is 10.2 Å². The molecule has 0 fully saturated rings. The Balaban J connectivity index is 2.31. The first kappa shape index (κ1) is 12.1. The highest BCUT2D eigenvalue weighted by Gasteiger charge is 2.15. The molecule has 1 aromatic heterocycles. The molecule has 18 heavy (non-hydrogen) atoms. The summed E-state index contributed by atoms with van der Waals surface area (Å²) in [5.41, 5.74) is -0.218. The van der Waals surface area contributed by atoms with E-state index in [9.17, 15) is 10.1 Å². The average Bonchev–Trinajstić information content (AvgIpc) is 2.74. The van der Waals surface area contributed by atoms with Gasteiger partial charge >= 0.3 is 0 Å². The molecule has 0 saturated carbocycles. The number of rotatable bonds is 3. The predicted molar refractivity (Wildman–Crippen MR) is 61.0 cm³/mol. The maximum atomic E-state index is 10.7. The molecule has 0 amide bonds. The van der Waals surface area contributed by atoms with E-state index < -0.39 is 4.92 Å². The lowest BCUT2D eigenvalue weighted by Gasteiger charge is -1.98. The fraction of sp³-hybridized carbons (Fsp3) is 0.100. The molecule has 0 atom stereocenters. The average molecular weight is 262 g/mol. The van der Waals surface area contributed by atoms with Crippen molar-refractivity contribution < 1.29 is 9.34 Å².